The predicted molar refractivity (Wildman–Crippen MR) is 148 cm³/mol. The Balaban J connectivity index is 1.46. The lowest BCUT2D eigenvalue weighted by atomic mass is 9.86. The first-order valence-electron chi connectivity index (χ1n) is 14.5. The molecule has 2 rings (SSSR count). The van der Waals surface area contributed by atoms with Crippen molar-refractivity contribution in [3.63, 3.8) is 0 Å². The van der Waals surface area contributed by atoms with Crippen molar-refractivity contribution in [2.75, 3.05) is 0 Å². The van der Waals surface area contributed by atoms with Crippen molar-refractivity contribution in [3.05, 3.63) is 60.2 Å². The highest BCUT2D eigenvalue weighted by molar-refractivity contribution is 5.17. The van der Waals surface area contributed by atoms with Crippen LogP contribution in [0.1, 0.15) is 117 Å². The first kappa shape index (κ1) is 30.4. The van der Waals surface area contributed by atoms with Crippen LogP contribution in [0.4, 0.5) is 0 Å². The van der Waals surface area contributed by atoms with E-state index in [0.29, 0.717) is 0 Å². The van der Waals surface area contributed by atoms with E-state index in [1.165, 1.54) is 64.2 Å². The zero-order valence-electron chi connectivity index (χ0n) is 24.0. The van der Waals surface area contributed by atoms with Gasteiger partial charge in [-0.15, -0.1) is 0 Å². The summed E-state index contributed by atoms with van der Waals surface area (Å²) in [5.41, 5.74) is 0.472. The molecule has 202 valence electrons. The van der Waals surface area contributed by atoms with Gasteiger partial charge < -0.3 is 10.2 Å². The largest absolute Gasteiger partial charge is 0.385 e. The van der Waals surface area contributed by atoms with Gasteiger partial charge in [0.05, 0.1) is 11.2 Å². The number of hydrogen-bond acceptors (Lipinski definition) is 2. The summed E-state index contributed by atoms with van der Waals surface area (Å²) < 4.78 is 4.48. The van der Waals surface area contributed by atoms with Crippen molar-refractivity contribution in [2.45, 2.75) is 130 Å². The molecule has 2 aromatic heterocycles. The Kier molecular flexibility index (Phi) is 12.5. The highest BCUT2D eigenvalue weighted by Gasteiger charge is 2.28. The molecule has 2 N–H and O–H groups in total. The van der Waals surface area contributed by atoms with Crippen LogP contribution >= 0.6 is 0 Å². The Hall–Kier alpha value is -1.78. The fourth-order valence-corrected chi connectivity index (χ4v) is 4.56. The van der Waals surface area contributed by atoms with E-state index in [9.17, 15) is 10.2 Å². The van der Waals surface area contributed by atoms with Gasteiger partial charge in [-0.3, -0.25) is 0 Å². The monoisotopic (exact) mass is 498 g/mol. The number of pyridine rings is 2. The summed E-state index contributed by atoms with van der Waals surface area (Å²) in [5.74, 6) is 0.399. The lowest BCUT2D eigenvalue weighted by Gasteiger charge is -2.27. The third kappa shape index (κ3) is 9.59. The molecule has 2 atom stereocenters. The first-order valence-corrected chi connectivity index (χ1v) is 14.5. The maximum Gasteiger partial charge on any atom is 0.169 e. The third-order valence-electron chi connectivity index (χ3n) is 8.28. The normalized spacial score (nSPS) is 15.3. The number of unbranched alkanes of at least 4 members (excludes halogenated alkanes) is 9. The van der Waals surface area contributed by atoms with Gasteiger partial charge in [0.15, 0.2) is 24.8 Å². The molecule has 0 aliphatic heterocycles. The molecule has 0 radical (unpaired) electrons. The molecule has 2 unspecified atom stereocenters. The second-order valence-electron chi connectivity index (χ2n) is 11.8. The van der Waals surface area contributed by atoms with E-state index in [1.54, 1.807) is 0 Å². The molecule has 0 aromatic carbocycles. The smallest absolute Gasteiger partial charge is 0.169 e. The van der Waals surface area contributed by atoms with E-state index >= 15 is 0 Å². The van der Waals surface area contributed by atoms with Crippen molar-refractivity contribution in [1.29, 1.82) is 0 Å². The van der Waals surface area contributed by atoms with Gasteiger partial charge in [0.25, 0.3) is 0 Å². The van der Waals surface area contributed by atoms with Crippen LogP contribution in [0.15, 0.2) is 49.1 Å². The summed E-state index contributed by atoms with van der Waals surface area (Å²) in [7, 11) is 0. The summed E-state index contributed by atoms with van der Waals surface area (Å²) in [4.78, 5) is 0. The highest BCUT2D eigenvalue weighted by Crippen LogP contribution is 2.28. The Labute approximate surface area is 221 Å². The van der Waals surface area contributed by atoms with Crippen molar-refractivity contribution < 1.29 is 19.3 Å². The summed E-state index contributed by atoms with van der Waals surface area (Å²) in [5, 5.41) is 21.2. The molecular formula is C32H54N2O2+2. The Morgan fingerprint density at radius 3 is 1.03 bits per heavy atom. The summed E-state index contributed by atoms with van der Waals surface area (Å²) in [6.07, 6.45) is 21.5. The van der Waals surface area contributed by atoms with Gasteiger partial charge in [0, 0.05) is 37.1 Å². The number of hydrogen-bond donors (Lipinski definition) is 2. The Morgan fingerprint density at radius 2 is 0.778 bits per heavy atom. The molecule has 4 heteroatoms. The molecule has 2 aromatic rings. The molecule has 0 spiro atoms. The summed E-state index contributed by atoms with van der Waals surface area (Å²) in [6, 6.07) is 8.25. The fraction of sp³-hybridized carbons (Fsp3) is 0.688. The quantitative estimate of drug-likeness (QED) is 0.191. The number of aliphatic hydroxyl groups is 2. The molecule has 2 heterocycles. The van der Waals surface area contributed by atoms with Crippen LogP contribution < -0.4 is 9.13 Å². The van der Waals surface area contributed by atoms with Crippen LogP contribution in [0.2, 0.25) is 0 Å². The van der Waals surface area contributed by atoms with Crippen molar-refractivity contribution in [3.8, 4) is 0 Å². The molecule has 0 saturated heterocycles. The molecule has 36 heavy (non-hydrogen) atoms. The van der Waals surface area contributed by atoms with Crippen molar-refractivity contribution >= 4 is 0 Å². The maximum absolute atomic E-state index is 10.6. The lowest BCUT2D eigenvalue weighted by Crippen LogP contribution is -2.35. The minimum Gasteiger partial charge on any atom is -0.385 e. The third-order valence-corrected chi connectivity index (χ3v) is 8.28. The second-order valence-corrected chi connectivity index (χ2v) is 11.8. The van der Waals surface area contributed by atoms with Gasteiger partial charge in [-0.25, -0.2) is 9.13 Å². The van der Waals surface area contributed by atoms with Crippen LogP contribution in [0.5, 0.6) is 0 Å². The van der Waals surface area contributed by atoms with Crippen molar-refractivity contribution in [2.24, 2.45) is 11.8 Å². The molecule has 0 aliphatic rings. The summed E-state index contributed by atoms with van der Waals surface area (Å²) >= 11 is 0. The van der Waals surface area contributed by atoms with E-state index in [4.69, 9.17) is 0 Å². The number of aryl methyl sites for hydroxylation is 2. The van der Waals surface area contributed by atoms with Crippen LogP contribution in [0.3, 0.4) is 0 Å². The van der Waals surface area contributed by atoms with Crippen molar-refractivity contribution in [1.82, 2.24) is 0 Å². The van der Waals surface area contributed by atoms with Crippen LogP contribution in [0.25, 0.3) is 0 Å². The first-order chi connectivity index (χ1) is 17.0. The zero-order chi connectivity index (χ0) is 26.6. The fourth-order valence-electron chi connectivity index (χ4n) is 4.56. The Morgan fingerprint density at radius 1 is 0.528 bits per heavy atom. The Bertz CT molecular complexity index is 781. The van der Waals surface area contributed by atoms with Gasteiger partial charge in [-0.2, -0.15) is 0 Å². The topological polar surface area (TPSA) is 48.2 Å². The number of nitrogens with zero attached hydrogens (tertiary/aromatic N) is 2. The highest BCUT2D eigenvalue weighted by atomic mass is 16.3. The van der Waals surface area contributed by atoms with Gasteiger partial charge in [0.2, 0.25) is 0 Å². The molecular weight excluding hydrogens is 444 g/mol. The molecule has 4 nitrogen and oxygen atoms in total. The van der Waals surface area contributed by atoms with E-state index in [2.05, 4.69) is 85.9 Å². The maximum atomic E-state index is 10.6. The second kappa shape index (κ2) is 14.8. The molecule has 0 aliphatic carbocycles. The van der Waals surface area contributed by atoms with Crippen LogP contribution in [-0.4, -0.2) is 10.2 Å². The minimum absolute atomic E-state index is 0.199. The molecule has 0 amide bonds. The van der Waals surface area contributed by atoms with E-state index in [0.717, 1.165) is 24.2 Å². The van der Waals surface area contributed by atoms with Crippen LogP contribution in [0, 0.1) is 11.8 Å². The average molecular weight is 499 g/mol. The lowest BCUT2D eigenvalue weighted by molar-refractivity contribution is -0.697. The zero-order valence-corrected chi connectivity index (χ0v) is 24.0. The SMILES string of the molecule is CC(C)C(C)(O)c1cc[n+](CCCCCCCCCCCC[n+]2ccc(C(C)(O)C(C)C)cc2)cc1. The minimum atomic E-state index is -0.762. The van der Waals surface area contributed by atoms with E-state index in [1.807, 2.05) is 13.8 Å². The number of rotatable bonds is 17. The van der Waals surface area contributed by atoms with E-state index < -0.39 is 11.2 Å². The molecule has 0 fully saturated rings. The predicted octanol–water partition coefficient (Wildman–Crippen LogP) is 6.59. The van der Waals surface area contributed by atoms with Gasteiger partial charge in [0.1, 0.15) is 13.1 Å². The average Bonchev–Trinajstić information content (AvgIpc) is 2.85. The van der Waals surface area contributed by atoms with E-state index in [-0.39, 0.29) is 11.8 Å². The molecule has 0 bridgehead atoms. The van der Waals surface area contributed by atoms with Crippen LogP contribution in [-0.2, 0) is 24.3 Å². The van der Waals surface area contributed by atoms with Gasteiger partial charge in [-0.05, 0) is 49.7 Å². The summed E-state index contributed by atoms with van der Waals surface area (Å²) in [6.45, 7) is 14.1. The standard InChI is InChI=1S/C32H54N2O2/c1-27(2)31(5,35)29-17-23-33(24-18-29)21-15-13-11-9-7-8-10-12-14-16-22-34-25-19-30(20-26-34)32(6,36)28(3)4/h17-20,23-28,35-36H,7-16,21-22H2,1-6H3/q+2. The van der Waals surface area contributed by atoms with Gasteiger partial charge >= 0.3 is 0 Å². The van der Waals surface area contributed by atoms with Gasteiger partial charge in [-0.1, -0.05) is 66.2 Å². The molecule has 0 saturated carbocycles. The number of aromatic nitrogens is 2.